The van der Waals surface area contributed by atoms with Crippen molar-refractivity contribution in [2.75, 3.05) is 6.54 Å². The number of hydrogen-bond donors (Lipinski definition) is 7. The van der Waals surface area contributed by atoms with E-state index in [4.69, 9.17) is 16.9 Å². The molecule has 0 aliphatic heterocycles. The summed E-state index contributed by atoms with van der Waals surface area (Å²) in [6, 6.07) is 4.12. The molecule has 0 aliphatic carbocycles. The zero-order chi connectivity index (χ0) is 18.1. The third-order valence-corrected chi connectivity index (χ3v) is 3.33. The van der Waals surface area contributed by atoms with Gasteiger partial charge in [-0.15, -0.1) is 0 Å². The standard InChI is InChI=1S/C15H23N5O4/c16-11(2-1-7-19-15(17)18)13(22)20-12(14(23)24)8-9-3-5-10(21)6-4-9/h3-6,11-12,21H,1-2,7-8,16H2,(H,20,22)(H,23,24)(H4,17,18,19). The lowest BCUT2D eigenvalue weighted by Crippen LogP contribution is -2.49. The van der Waals surface area contributed by atoms with Gasteiger partial charge in [-0.1, -0.05) is 12.1 Å². The van der Waals surface area contributed by atoms with Crippen LogP contribution in [0, 0.1) is 5.41 Å². The second-order valence-corrected chi connectivity index (χ2v) is 5.36. The Kier molecular flexibility index (Phi) is 7.50. The lowest BCUT2D eigenvalue weighted by atomic mass is 10.0. The highest BCUT2D eigenvalue weighted by Crippen LogP contribution is 2.11. The van der Waals surface area contributed by atoms with Gasteiger partial charge in [-0.2, -0.15) is 0 Å². The number of carbonyl (C=O) groups excluding carboxylic acids is 1. The van der Waals surface area contributed by atoms with Crippen LogP contribution in [0.15, 0.2) is 24.3 Å². The predicted octanol–water partition coefficient (Wildman–Crippen LogP) is -0.905. The van der Waals surface area contributed by atoms with Gasteiger partial charge in [0.25, 0.3) is 0 Å². The Labute approximate surface area is 139 Å². The fourth-order valence-electron chi connectivity index (χ4n) is 2.02. The molecule has 1 aromatic rings. The molecule has 1 rings (SSSR count). The third kappa shape index (κ3) is 6.97. The van der Waals surface area contributed by atoms with E-state index >= 15 is 0 Å². The summed E-state index contributed by atoms with van der Waals surface area (Å²) in [6.07, 6.45) is 0.932. The molecule has 0 bridgehead atoms. The van der Waals surface area contributed by atoms with Gasteiger partial charge in [0.2, 0.25) is 5.91 Å². The maximum absolute atomic E-state index is 12.0. The topological polar surface area (TPSA) is 175 Å². The van der Waals surface area contributed by atoms with Crippen LogP contribution in [0.25, 0.3) is 0 Å². The number of hydrogen-bond acceptors (Lipinski definition) is 5. The molecule has 132 valence electrons. The monoisotopic (exact) mass is 337 g/mol. The van der Waals surface area contributed by atoms with E-state index in [1.807, 2.05) is 0 Å². The molecule has 0 radical (unpaired) electrons. The Balaban J connectivity index is 2.51. The Morgan fingerprint density at radius 2 is 1.88 bits per heavy atom. The number of nitrogens with one attached hydrogen (secondary N) is 3. The van der Waals surface area contributed by atoms with Gasteiger partial charge in [0, 0.05) is 13.0 Å². The number of benzene rings is 1. The number of carbonyl (C=O) groups is 2. The molecule has 9 N–H and O–H groups in total. The van der Waals surface area contributed by atoms with Crippen LogP contribution in [0.3, 0.4) is 0 Å². The van der Waals surface area contributed by atoms with Crippen molar-refractivity contribution in [3.05, 3.63) is 29.8 Å². The molecular weight excluding hydrogens is 314 g/mol. The Bertz CT molecular complexity index is 576. The molecule has 9 heteroatoms. The number of rotatable bonds is 9. The average molecular weight is 337 g/mol. The zero-order valence-corrected chi connectivity index (χ0v) is 13.2. The zero-order valence-electron chi connectivity index (χ0n) is 13.2. The summed E-state index contributed by atoms with van der Waals surface area (Å²) in [4.78, 5) is 23.3. The van der Waals surface area contributed by atoms with Crippen LogP contribution in [0.4, 0.5) is 0 Å². The van der Waals surface area contributed by atoms with E-state index in [9.17, 15) is 19.8 Å². The first-order valence-corrected chi connectivity index (χ1v) is 7.44. The van der Waals surface area contributed by atoms with Gasteiger partial charge >= 0.3 is 5.97 Å². The fourth-order valence-corrected chi connectivity index (χ4v) is 2.02. The van der Waals surface area contributed by atoms with Crippen LogP contribution in [0.5, 0.6) is 5.75 Å². The number of aromatic hydroxyl groups is 1. The highest BCUT2D eigenvalue weighted by Gasteiger charge is 2.23. The molecule has 0 saturated carbocycles. The lowest BCUT2D eigenvalue weighted by molar-refractivity contribution is -0.142. The minimum absolute atomic E-state index is 0.0795. The normalized spacial score (nSPS) is 12.9. The van der Waals surface area contributed by atoms with Crippen molar-refractivity contribution in [1.82, 2.24) is 10.6 Å². The van der Waals surface area contributed by atoms with Crippen LogP contribution >= 0.6 is 0 Å². The van der Waals surface area contributed by atoms with Gasteiger partial charge in [0.05, 0.1) is 6.04 Å². The van der Waals surface area contributed by atoms with Gasteiger partial charge in [-0.05, 0) is 30.5 Å². The summed E-state index contributed by atoms with van der Waals surface area (Å²) in [5.74, 6) is -1.80. The lowest BCUT2D eigenvalue weighted by Gasteiger charge is -2.18. The van der Waals surface area contributed by atoms with E-state index in [0.717, 1.165) is 0 Å². The molecule has 9 nitrogen and oxygen atoms in total. The molecule has 1 aromatic carbocycles. The molecule has 0 heterocycles. The fraction of sp³-hybridized carbons (Fsp3) is 0.400. The molecular formula is C15H23N5O4. The van der Waals surface area contributed by atoms with Crippen LogP contribution in [0.1, 0.15) is 18.4 Å². The summed E-state index contributed by atoms with van der Waals surface area (Å²) in [7, 11) is 0. The van der Waals surface area contributed by atoms with Gasteiger partial charge < -0.3 is 32.3 Å². The number of aliphatic carboxylic acids is 1. The Morgan fingerprint density at radius 3 is 2.42 bits per heavy atom. The summed E-state index contributed by atoms with van der Waals surface area (Å²) in [5.41, 5.74) is 11.5. The first kappa shape index (κ1) is 19.2. The van der Waals surface area contributed by atoms with Crippen molar-refractivity contribution in [3.8, 4) is 5.75 Å². The van der Waals surface area contributed by atoms with E-state index < -0.39 is 24.0 Å². The van der Waals surface area contributed by atoms with Crippen LogP contribution in [0.2, 0.25) is 0 Å². The van der Waals surface area contributed by atoms with Crippen LogP contribution in [-0.4, -0.2) is 46.7 Å². The first-order chi connectivity index (χ1) is 11.3. The van der Waals surface area contributed by atoms with Crippen molar-refractivity contribution in [2.45, 2.75) is 31.3 Å². The van der Waals surface area contributed by atoms with E-state index in [-0.39, 0.29) is 18.1 Å². The maximum Gasteiger partial charge on any atom is 0.326 e. The highest BCUT2D eigenvalue weighted by atomic mass is 16.4. The summed E-state index contributed by atoms with van der Waals surface area (Å²) < 4.78 is 0. The van der Waals surface area contributed by atoms with Gasteiger partial charge in [0.1, 0.15) is 11.8 Å². The van der Waals surface area contributed by atoms with Crippen molar-refractivity contribution >= 4 is 17.8 Å². The largest absolute Gasteiger partial charge is 0.508 e. The predicted molar refractivity (Wildman–Crippen MR) is 88.5 cm³/mol. The van der Waals surface area contributed by atoms with Crippen molar-refractivity contribution in [2.24, 2.45) is 11.5 Å². The molecule has 0 saturated heterocycles. The molecule has 2 unspecified atom stereocenters. The minimum Gasteiger partial charge on any atom is -0.508 e. The summed E-state index contributed by atoms with van der Waals surface area (Å²) >= 11 is 0. The number of phenols is 1. The van der Waals surface area contributed by atoms with Gasteiger partial charge in [-0.3, -0.25) is 10.2 Å². The SMILES string of the molecule is N=C(N)NCCCC(N)C(=O)NC(Cc1ccc(O)cc1)C(=O)O. The molecule has 0 aromatic heterocycles. The van der Waals surface area contributed by atoms with E-state index in [0.29, 0.717) is 24.9 Å². The van der Waals surface area contributed by atoms with E-state index in [1.165, 1.54) is 12.1 Å². The molecule has 24 heavy (non-hydrogen) atoms. The van der Waals surface area contributed by atoms with E-state index in [2.05, 4.69) is 10.6 Å². The van der Waals surface area contributed by atoms with Crippen LogP contribution in [-0.2, 0) is 16.0 Å². The summed E-state index contributed by atoms with van der Waals surface area (Å²) in [6.45, 7) is 0.409. The number of nitrogens with two attached hydrogens (primary N) is 2. The van der Waals surface area contributed by atoms with Crippen molar-refractivity contribution in [1.29, 1.82) is 5.41 Å². The van der Waals surface area contributed by atoms with E-state index in [1.54, 1.807) is 12.1 Å². The maximum atomic E-state index is 12.0. The number of phenolic OH excluding ortho intramolecular Hbond substituents is 1. The third-order valence-electron chi connectivity index (χ3n) is 3.33. The average Bonchev–Trinajstić information content (AvgIpc) is 2.52. The van der Waals surface area contributed by atoms with Crippen LogP contribution < -0.4 is 22.1 Å². The number of amides is 1. The highest BCUT2D eigenvalue weighted by molar-refractivity contribution is 5.86. The molecule has 1 amide bonds. The van der Waals surface area contributed by atoms with Crippen molar-refractivity contribution in [3.63, 3.8) is 0 Å². The second kappa shape index (κ2) is 9.36. The van der Waals surface area contributed by atoms with Gasteiger partial charge in [-0.25, -0.2) is 4.79 Å². The van der Waals surface area contributed by atoms with Gasteiger partial charge in [0.15, 0.2) is 5.96 Å². The molecule has 0 aliphatic rings. The second-order valence-electron chi connectivity index (χ2n) is 5.36. The smallest absolute Gasteiger partial charge is 0.326 e. The number of guanidine groups is 1. The molecule has 2 atom stereocenters. The Morgan fingerprint density at radius 1 is 1.25 bits per heavy atom. The number of carboxylic acid groups (broad SMARTS) is 1. The molecule has 0 spiro atoms. The van der Waals surface area contributed by atoms with Crippen molar-refractivity contribution < 1.29 is 19.8 Å². The minimum atomic E-state index is -1.16. The Hall–Kier alpha value is -2.81. The summed E-state index contributed by atoms with van der Waals surface area (Å²) in [5, 5.41) is 30.5. The molecule has 0 fully saturated rings. The number of carboxylic acids is 1. The first-order valence-electron chi connectivity index (χ1n) is 7.44. The quantitative estimate of drug-likeness (QED) is 0.173.